The third-order valence-corrected chi connectivity index (χ3v) is 6.16. The topological polar surface area (TPSA) is 110 Å². The molecule has 0 bridgehead atoms. The maximum atomic E-state index is 12.4. The fourth-order valence-corrected chi connectivity index (χ4v) is 3.99. The highest BCUT2D eigenvalue weighted by molar-refractivity contribution is 7.89. The second kappa shape index (κ2) is 9.94. The number of aldehydes is 1. The molecule has 0 aliphatic heterocycles. The number of anilines is 1. The smallest absolute Gasteiger partial charge is 0.338 e. The molecule has 0 aliphatic rings. The summed E-state index contributed by atoms with van der Waals surface area (Å²) in [6.07, 6.45) is 0.654. The summed E-state index contributed by atoms with van der Waals surface area (Å²) in [4.78, 5) is 34.6. The number of amides is 1. The summed E-state index contributed by atoms with van der Waals surface area (Å²) in [5.74, 6) is -1.26. The Morgan fingerprint density at radius 1 is 1.00 bits per heavy atom. The van der Waals surface area contributed by atoms with Crippen LogP contribution in [0.4, 0.5) is 5.69 Å². The van der Waals surface area contributed by atoms with E-state index in [0.717, 1.165) is 0 Å². The van der Waals surface area contributed by atoms with E-state index in [9.17, 15) is 22.8 Å². The van der Waals surface area contributed by atoms with Crippen LogP contribution in [0, 0.1) is 0 Å². The first kappa shape index (κ1) is 22.3. The molecule has 29 heavy (non-hydrogen) atoms. The van der Waals surface area contributed by atoms with Gasteiger partial charge in [-0.2, -0.15) is 4.31 Å². The first-order valence-electron chi connectivity index (χ1n) is 8.94. The highest BCUT2D eigenvalue weighted by atomic mass is 32.2. The van der Waals surface area contributed by atoms with Crippen molar-refractivity contribution in [1.29, 1.82) is 0 Å². The van der Waals surface area contributed by atoms with Crippen LogP contribution < -0.4 is 5.32 Å². The summed E-state index contributed by atoms with van der Waals surface area (Å²) < 4.78 is 31.2. The van der Waals surface area contributed by atoms with Crippen LogP contribution in [0.15, 0.2) is 53.4 Å². The van der Waals surface area contributed by atoms with E-state index in [-0.39, 0.29) is 10.5 Å². The Morgan fingerprint density at radius 2 is 1.59 bits per heavy atom. The molecule has 0 radical (unpaired) electrons. The van der Waals surface area contributed by atoms with Gasteiger partial charge in [-0.3, -0.25) is 9.59 Å². The van der Waals surface area contributed by atoms with Crippen LogP contribution in [0.2, 0.25) is 0 Å². The van der Waals surface area contributed by atoms with Gasteiger partial charge in [-0.15, -0.1) is 0 Å². The summed E-state index contributed by atoms with van der Waals surface area (Å²) in [5.41, 5.74) is 1.01. The molecule has 0 saturated heterocycles. The van der Waals surface area contributed by atoms with Crippen LogP contribution in [-0.2, 0) is 19.6 Å². The summed E-state index contributed by atoms with van der Waals surface area (Å²) in [5, 5.41) is 2.53. The zero-order chi connectivity index (χ0) is 21.4. The molecule has 0 heterocycles. The van der Waals surface area contributed by atoms with Gasteiger partial charge in [0.2, 0.25) is 10.0 Å². The lowest BCUT2D eigenvalue weighted by molar-refractivity contribution is -0.119. The predicted octanol–water partition coefficient (Wildman–Crippen LogP) is 2.33. The second-order valence-corrected chi connectivity index (χ2v) is 7.92. The molecule has 2 aromatic carbocycles. The van der Waals surface area contributed by atoms with Crippen molar-refractivity contribution in [1.82, 2.24) is 4.31 Å². The first-order valence-corrected chi connectivity index (χ1v) is 10.4. The number of ether oxygens (including phenoxy) is 1. The number of nitrogens with one attached hydrogen (secondary N) is 1. The second-order valence-electron chi connectivity index (χ2n) is 5.98. The molecular weight excluding hydrogens is 396 g/mol. The molecule has 8 nitrogen and oxygen atoms in total. The maximum absolute atomic E-state index is 12.4. The molecular formula is C20H22N2O6S. The van der Waals surface area contributed by atoms with E-state index >= 15 is 0 Å². The fraction of sp³-hybridized carbons (Fsp3) is 0.250. The van der Waals surface area contributed by atoms with E-state index in [1.807, 2.05) is 0 Å². The number of carbonyl (C=O) groups excluding carboxylic acids is 3. The van der Waals surface area contributed by atoms with Crippen LogP contribution in [0.25, 0.3) is 0 Å². The van der Waals surface area contributed by atoms with E-state index < -0.39 is 28.5 Å². The van der Waals surface area contributed by atoms with Crippen molar-refractivity contribution in [3.05, 3.63) is 59.7 Å². The normalized spacial score (nSPS) is 11.1. The molecule has 0 atom stereocenters. The average Bonchev–Trinajstić information content (AvgIpc) is 2.73. The zero-order valence-corrected chi connectivity index (χ0v) is 16.9. The molecule has 1 amide bonds. The van der Waals surface area contributed by atoms with E-state index in [1.165, 1.54) is 52.8 Å². The Morgan fingerprint density at radius 3 is 2.10 bits per heavy atom. The SMILES string of the molecule is CCN(CC)S(=O)(=O)c1ccc(NC(=O)COC(=O)c2ccc(C=O)cc2)cc1. The van der Waals surface area contributed by atoms with Crippen LogP contribution in [0.1, 0.15) is 34.6 Å². The standard InChI is InChI=1S/C20H22N2O6S/c1-3-22(4-2)29(26,27)18-11-9-17(10-12-18)21-19(24)14-28-20(25)16-7-5-15(13-23)6-8-16/h5-13H,3-4,14H2,1-2H3,(H,21,24). The van der Waals surface area contributed by atoms with Crippen molar-refractivity contribution in [3.63, 3.8) is 0 Å². The lowest BCUT2D eigenvalue weighted by Gasteiger charge is -2.18. The van der Waals surface area contributed by atoms with Gasteiger partial charge in [-0.25, -0.2) is 13.2 Å². The Kier molecular flexibility index (Phi) is 7.63. The fourth-order valence-electron chi connectivity index (χ4n) is 2.53. The van der Waals surface area contributed by atoms with Gasteiger partial charge in [0.15, 0.2) is 6.61 Å². The number of hydrogen-bond acceptors (Lipinski definition) is 6. The molecule has 2 rings (SSSR count). The van der Waals surface area contributed by atoms with Crippen molar-refractivity contribution in [2.45, 2.75) is 18.7 Å². The van der Waals surface area contributed by atoms with Crippen LogP contribution in [0.3, 0.4) is 0 Å². The van der Waals surface area contributed by atoms with Gasteiger partial charge in [0.05, 0.1) is 10.5 Å². The highest BCUT2D eigenvalue weighted by Crippen LogP contribution is 2.18. The quantitative estimate of drug-likeness (QED) is 0.494. The lowest BCUT2D eigenvalue weighted by Crippen LogP contribution is -2.30. The largest absolute Gasteiger partial charge is 0.452 e. The third kappa shape index (κ3) is 5.72. The van der Waals surface area contributed by atoms with Gasteiger partial charge in [0.1, 0.15) is 6.29 Å². The van der Waals surface area contributed by atoms with Gasteiger partial charge >= 0.3 is 5.97 Å². The minimum absolute atomic E-state index is 0.129. The van der Waals surface area contributed by atoms with Crippen LogP contribution in [-0.4, -0.2) is 50.6 Å². The monoisotopic (exact) mass is 418 g/mol. The van der Waals surface area contributed by atoms with Crippen molar-refractivity contribution >= 4 is 33.9 Å². The molecule has 0 aliphatic carbocycles. The van der Waals surface area contributed by atoms with Gasteiger partial charge in [0.25, 0.3) is 5.91 Å². The van der Waals surface area contributed by atoms with Crippen molar-refractivity contribution in [3.8, 4) is 0 Å². The summed E-state index contributed by atoms with van der Waals surface area (Å²) in [6.45, 7) is 3.73. The number of hydrogen-bond donors (Lipinski definition) is 1. The van der Waals surface area contributed by atoms with E-state index in [2.05, 4.69) is 5.32 Å². The van der Waals surface area contributed by atoms with Gasteiger partial charge in [0, 0.05) is 24.3 Å². The van der Waals surface area contributed by atoms with Gasteiger partial charge < -0.3 is 10.1 Å². The third-order valence-electron chi connectivity index (χ3n) is 4.10. The number of carbonyl (C=O) groups is 3. The Labute approximate surface area is 169 Å². The van der Waals surface area contributed by atoms with Crippen molar-refractivity contribution in [2.24, 2.45) is 0 Å². The molecule has 0 saturated carbocycles. The van der Waals surface area contributed by atoms with Gasteiger partial charge in [-0.1, -0.05) is 26.0 Å². The lowest BCUT2D eigenvalue weighted by atomic mass is 10.1. The molecule has 0 aromatic heterocycles. The molecule has 0 fully saturated rings. The van der Waals surface area contributed by atoms with Crippen LogP contribution >= 0.6 is 0 Å². The minimum atomic E-state index is -3.57. The highest BCUT2D eigenvalue weighted by Gasteiger charge is 2.21. The molecule has 0 spiro atoms. The molecule has 2 aromatic rings. The maximum Gasteiger partial charge on any atom is 0.338 e. The zero-order valence-electron chi connectivity index (χ0n) is 16.1. The summed E-state index contributed by atoms with van der Waals surface area (Å²) in [7, 11) is -3.57. The van der Waals surface area contributed by atoms with Gasteiger partial charge in [-0.05, 0) is 36.4 Å². The molecule has 0 unspecified atom stereocenters. The molecule has 154 valence electrons. The molecule has 1 N–H and O–H groups in total. The Hall–Kier alpha value is -3.04. The van der Waals surface area contributed by atoms with Crippen molar-refractivity contribution in [2.75, 3.05) is 25.0 Å². The minimum Gasteiger partial charge on any atom is -0.452 e. The number of benzene rings is 2. The number of rotatable bonds is 9. The first-order chi connectivity index (χ1) is 13.8. The summed E-state index contributed by atoms with van der Waals surface area (Å²) >= 11 is 0. The van der Waals surface area contributed by atoms with E-state index in [4.69, 9.17) is 4.74 Å². The van der Waals surface area contributed by atoms with Crippen molar-refractivity contribution < 1.29 is 27.5 Å². The Bertz CT molecular complexity index is 965. The van der Waals surface area contributed by atoms with E-state index in [0.29, 0.717) is 30.6 Å². The number of nitrogens with zero attached hydrogens (tertiary/aromatic N) is 1. The molecule has 9 heteroatoms. The van der Waals surface area contributed by atoms with E-state index in [1.54, 1.807) is 13.8 Å². The number of sulfonamides is 1. The Balaban J connectivity index is 1.93. The number of esters is 1. The average molecular weight is 418 g/mol. The summed E-state index contributed by atoms with van der Waals surface area (Å²) in [6, 6.07) is 11.5. The predicted molar refractivity (Wildman–Crippen MR) is 107 cm³/mol. The van der Waals surface area contributed by atoms with Crippen LogP contribution in [0.5, 0.6) is 0 Å².